The maximum absolute atomic E-state index is 12.1. The number of carbonyl (C=O) groups excluding carboxylic acids is 1. The summed E-state index contributed by atoms with van der Waals surface area (Å²) in [5.41, 5.74) is 1.83. The van der Waals surface area contributed by atoms with Gasteiger partial charge >= 0.3 is 0 Å². The van der Waals surface area contributed by atoms with Crippen molar-refractivity contribution < 1.29 is 9.90 Å². The zero-order valence-electron chi connectivity index (χ0n) is 10.1. The molecule has 0 aliphatic heterocycles. The molecule has 2 aromatic carbocycles. The van der Waals surface area contributed by atoms with Crippen molar-refractivity contribution in [2.75, 3.05) is 5.32 Å². The van der Waals surface area contributed by atoms with E-state index in [0.29, 0.717) is 10.7 Å². The van der Waals surface area contributed by atoms with Gasteiger partial charge < -0.3 is 10.4 Å². The molecule has 0 unspecified atom stereocenters. The minimum Gasteiger partial charge on any atom is -0.507 e. The van der Waals surface area contributed by atoms with Crippen molar-refractivity contribution in [1.82, 2.24) is 0 Å². The normalized spacial score (nSPS) is 10.3. The van der Waals surface area contributed by atoms with Crippen LogP contribution in [-0.4, -0.2) is 11.0 Å². The molecule has 0 aliphatic rings. The van der Waals surface area contributed by atoms with Crippen LogP contribution in [0.1, 0.15) is 15.9 Å². The minimum absolute atomic E-state index is 0.0351. The Hall–Kier alpha value is -1.27. The number of halogens is 2. The molecule has 0 aliphatic carbocycles. The molecule has 0 bridgehead atoms. The van der Waals surface area contributed by atoms with Crippen LogP contribution in [0, 0.1) is 10.5 Å². The Morgan fingerprint density at radius 1 is 1.26 bits per heavy atom. The average Bonchev–Trinajstić information content (AvgIpc) is 2.35. The van der Waals surface area contributed by atoms with Crippen molar-refractivity contribution in [3.63, 3.8) is 0 Å². The molecule has 1 amide bonds. The summed E-state index contributed by atoms with van der Waals surface area (Å²) in [6, 6.07) is 10.1. The zero-order chi connectivity index (χ0) is 14.0. The fourth-order valence-corrected chi connectivity index (χ4v) is 2.62. The average molecular weight is 388 g/mol. The van der Waals surface area contributed by atoms with E-state index in [4.69, 9.17) is 11.6 Å². The number of aromatic hydroxyl groups is 1. The Kier molecular flexibility index (Phi) is 4.31. The summed E-state index contributed by atoms with van der Waals surface area (Å²) in [6.45, 7) is 1.86. The lowest BCUT2D eigenvalue weighted by Crippen LogP contribution is -2.13. The summed E-state index contributed by atoms with van der Waals surface area (Å²) in [4.78, 5) is 12.1. The number of benzene rings is 2. The van der Waals surface area contributed by atoms with Crippen LogP contribution in [0.5, 0.6) is 5.75 Å². The van der Waals surface area contributed by atoms with Crippen molar-refractivity contribution in [1.29, 1.82) is 0 Å². The minimum atomic E-state index is -0.346. The largest absolute Gasteiger partial charge is 0.507 e. The molecule has 19 heavy (non-hydrogen) atoms. The highest BCUT2D eigenvalue weighted by Crippen LogP contribution is 2.24. The Morgan fingerprint density at radius 2 is 2.00 bits per heavy atom. The second-order valence-electron chi connectivity index (χ2n) is 4.10. The van der Waals surface area contributed by atoms with Crippen LogP contribution in [0.4, 0.5) is 5.69 Å². The predicted molar refractivity (Wildman–Crippen MR) is 85.0 cm³/mol. The molecule has 0 heterocycles. The van der Waals surface area contributed by atoms with Gasteiger partial charge in [0, 0.05) is 8.59 Å². The van der Waals surface area contributed by atoms with E-state index in [-0.39, 0.29) is 17.2 Å². The van der Waals surface area contributed by atoms with Gasteiger partial charge in [0.1, 0.15) is 5.75 Å². The van der Waals surface area contributed by atoms with E-state index in [9.17, 15) is 9.90 Å². The quantitative estimate of drug-likeness (QED) is 0.758. The lowest BCUT2D eigenvalue weighted by atomic mass is 10.1. The van der Waals surface area contributed by atoms with E-state index in [1.54, 1.807) is 30.3 Å². The first-order chi connectivity index (χ1) is 8.97. The Balaban J connectivity index is 2.28. The summed E-state index contributed by atoms with van der Waals surface area (Å²) in [6.07, 6.45) is 0. The van der Waals surface area contributed by atoms with Gasteiger partial charge in [-0.15, -0.1) is 0 Å². The molecule has 2 N–H and O–H groups in total. The molecule has 0 spiro atoms. The zero-order valence-corrected chi connectivity index (χ0v) is 13.0. The number of amides is 1. The molecule has 0 radical (unpaired) electrons. The van der Waals surface area contributed by atoms with Crippen molar-refractivity contribution in [3.05, 3.63) is 56.1 Å². The molecule has 3 nitrogen and oxygen atoms in total. The van der Waals surface area contributed by atoms with Crippen LogP contribution in [0.2, 0.25) is 5.02 Å². The Bertz CT molecular complexity index is 643. The lowest BCUT2D eigenvalue weighted by Gasteiger charge is -2.09. The SMILES string of the molecule is Cc1ccc(O)c(C(=O)Nc2ccc(Cl)cc2I)c1. The molecule has 0 saturated carbocycles. The van der Waals surface area contributed by atoms with Gasteiger partial charge in [0.25, 0.3) is 5.91 Å². The highest BCUT2D eigenvalue weighted by molar-refractivity contribution is 14.1. The van der Waals surface area contributed by atoms with E-state index in [1.807, 2.05) is 6.92 Å². The van der Waals surface area contributed by atoms with Gasteiger partial charge in [-0.25, -0.2) is 0 Å². The van der Waals surface area contributed by atoms with Gasteiger partial charge in [-0.1, -0.05) is 23.2 Å². The van der Waals surface area contributed by atoms with E-state index in [2.05, 4.69) is 27.9 Å². The van der Waals surface area contributed by atoms with Crippen LogP contribution < -0.4 is 5.32 Å². The first-order valence-corrected chi connectivity index (χ1v) is 6.99. The molecule has 0 fully saturated rings. The predicted octanol–water partition coefficient (Wildman–Crippen LogP) is 4.21. The van der Waals surface area contributed by atoms with Crippen LogP contribution >= 0.6 is 34.2 Å². The molecule has 0 saturated heterocycles. The van der Waals surface area contributed by atoms with Crippen LogP contribution in [-0.2, 0) is 0 Å². The van der Waals surface area contributed by atoms with Crippen molar-refractivity contribution >= 4 is 45.8 Å². The van der Waals surface area contributed by atoms with Gasteiger partial charge in [0.15, 0.2) is 0 Å². The fourth-order valence-electron chi connectivity index (χ4n) is 1.61. The van der Waals surface area contributed by atoms with Gasteiger partial charge in [-0.05, 0) is 59.8 Å². The molecule has 0 aromatic heterocycles. The highest BCUT2D eigenvalue weighted by atomic mass is 127. The Labute approximate surface area is 129 Å². The Morgan fingerprint density at radius 3 is 2.68 bits per heavy atom. The number of aryl methyl sites for hydroxylation is 1. The number of rotatable bonds is 2. The van der Waals surface area contributed by atoms with E-state index in [1.165, 1.54) is 6.07 Å². The molecule has 0 atom stereocenters. The third kappa shape index (κ3) is 3.39. The van der Waals surface area contributed by atoms with Crippen LogP contribution in [0.3, 0.4) is 0 Å². The number of phenols is 1. The van der Waals surface area contributed by atoms with Crippen LogP contribution in [0.25, 0.3) is 0 Å². The number of anilines is 1. The maximum Gasteiger partial charge on any atom is 0.259 e. The molecule has 2 rings (SSSR count). The molecule has 2 aromatic rings. The molecular weight excluding hydrogens is 377 g/mol. The standard InChI is InChI=1S/C14H11ClINO2/c1-8-2-5-13(18)10(6-8)14(19)17-12-4-3-9(15)7-11(12)16/h2-7,18H,1H3,(H,17,19). The van der Waals surface area contributed by atoms with Gasteiger partial charge in [-0.2, -0.15) is 0 Å². The number of nitrogens with one attached hydrogen (secondary N) is 1. The van der Waals surface area contributed by atoms with Crippen molar-refractivity contribution in [3.8, 4) is 5.75 Å². The van der Waals surface area contributed by atoms with Gasteiger partial charge in [0.05, 0.1) is 11.3 Å². The van der Waals surface area contributed by atoms with Gasteiger partial charge in [-0.3, -0.25) is 4.79 Å². The lowest BCUT2D eigenvalue weighted by molar-refractivity contribution is 0.102. The monoisotopic (exact) mass is 387 g/mol. The second kappa shape index (κ2) is 5.79. The summed E-state index contributed by atoms with van der Waals surface area (Å²) < 4.78 is 0.839. The third-order valence-corrected chi connectivity index (χ3v) is 3.70. The van der Waals surface area contributed by atoms with Crippen molar-refractivity contribution in [2.45, 2.75) is 6.92 Å². The smallest absolute Gasteiger partial charge is 0.259 e. The summed E-state index contributed by atoms with van der Waals surface area (Å²) >= 11 is 7.95. The van der Waals surface area contributed by atoms with E-state index in [0.717, 1.165) is 9.13 Å². The van der Waals surface area contributed by atoms with E-state index < -0.39 is 0 Å². The van der Waals surface area contributed by atoms with Gasteiger partial charge in [0.2, 0.25) is 0 Å². The first kappa shape index (κ1) is 14.1. The first-order valence-electron chi connectivity index (χ1n) is 5.53. The molecular formula is C14H11ClINO2. The highest BCUT2D eigenvalue weighted by Gasteiger charge is 2.12. The second-order valence-corrected chi connectivity index (χ2v) is 5.70. The summed E-state index contributed by atoms with van der Waals surface area (Å²) in [5.74, 6) is -0.381. The summed E-state index contributed by atoms with van der Waals surface area (Å²) in [5, 5.41) is 13.1. The number of carbonyl (C=O) groups is 1. The number of phenolic OH excluding ortho intramolecular Hbond substituents is 1. The number of hydrogen-bond donors (Lipinski definition) is 2. The topological polar surface area (TPSA) is 49.3 Å². The maximum atomic E-state index is 12.1. The van der Waals surface area contributed by atoms with Crippen LogP contribution in [0.15, 0.2) is 36.4 Å². The summed E-state index contributed by atoms with van der Waals surface area (Å²) in [7, 11) is 0. The third-order valence-electron chi connectivity index (χ3n) is 2.58. The van der Waals surface area contributed by atoms with E-state index >= 15 is 0 Å². The molecule has 5 heteroatoms. The molecule has 98 valence electrons. The van der Waals surface area contributed by atoms with Crippen molar-refractivity contribution in [2.24, 2.45) is 0 Å². The fraction of sp³-hybridized carbons (Fsp3) is 0.0714. The number of hydrogen-bond acceptors (Lipinski definition) is 2.